The quantitative estimate of drug-likeness (QED) is 0.765. The summed E-state index contributed by atoms with van der Waals surface area (Å²) in [5.74, 6) is 1.09. The minimum atomic E-state index is 0.859. The van der Waals surface area contributed by atoms with Crippen molar-refractivity contribution in [2.45, 2.75) is 25.1 Å². The van der Waals surface area contributed by atoms with Gasteiger partial charge in [0.05, 0.1) is 0 Å². The highest BCUT2D eigenvalue weighted by Crippen LogP contribution is 2.33. The van der Waals surface area contributed by atoms with Crippen molar-refractivity contribution < 1.29 is 0 Å². The van der Waals surface area contributed by atoms with Crippen LogP contribution in [0.25, 0.3) is 0 Å². The van der Waals surface area contributed by atoms with Crippen LogP contribution in [0.5, 0.6) is 0 Å². The van der Waals surface area contributed by atoms with Gasteiger partial charge in [-0.2, -0.15) is 0 Å². The highest BCUT2D eigenvalue weighted by Gasteiger charge is 2.19. The van der Waals surface area contributed by atoms with Crippen LogP contribution in [0.15, 0.2) is 36.5 Å². The number of fused-ring (bicyclic) bond motifs is 1. The Morgan fingerprint density at radius 2 is 2.16 bits per heavy atom. The summed E-state index contributed by atoms with van der Waals surface area (Å²) < 4.78 is 0. The fourth-order valence-electron chi connectivity index (χ4n) is 2.74. The molecule has 0 N–H and O–H groups in total. The molecule has 0 amide bonds. The number of halogens is 1. The summed E-state index contributed by atoms with van der Waals surface area (Å²) in [5.41, 5.74) is 5.22. The van der Waals surface area contributed by atoms with Crippen LogP contribution in [0.2, 0.25) is 0 Å². The predicted molar refractivity (Wildman–Crippen MR) is 83.4 cm³/mol. The molecule has 0 spiro atoms. The highest BCUT2D eigenvalue weighted by atomic mass is 79.9. The summed E-state index contributed by atoms with van der Waals surface area (Å²) in [6.07, 6.45) is 4.33. The van der Waals surface area contributed by atoms with Gasteiger partial charge in [-0.3, -0.25) is 0 Å². The molecule has 1 aliphatic heterocycles. The molecular weight excluding hydrogens is 300 g/mol. The molecule has 1 aromatic carbocycles. The molecular formula is C16H17BrN2. The van der Waals surface area contributed by atoms with Crippen molar-refractivity contribution in [1.29, 1.82) is 0 Å². The summed E-state index contributed by atoms with van der Waals surface area (Å²) in [4.78, 5) is 7.02. The molecule has 0 unspecified atom stereocenters. The molecule has 0 saturated carbocycles. The Balaban J connectivity index is 2.04. The van der Waals surface area contributed by atoms with E-state index in [1.165, 1.54) is 35.2 Å². The van der Waals surface area contributed by atoms with Crippen molar-refractivity contribution in [2.24, 2.45) is 0 Å². The van der Waals surface area contributed by atoms with E-state index >= 15 is 0 Å². The van der Waals surface area contributed by atoms with Gasteiger partial charge in [-0.25, -0.2) is 4.98 Å². The zero-order valence-corrected chi connectivity index (χ0v) is 12.7. The summed E-state index contributed by atoms with van der Waals surface area (Å²) in [6.45, 7) is 3.20. The molecule has 3 rings (SSSR count). The van der Waals surface area contributed by atoms with E-state index in [1.807, 2.05) is 6.20 Å². The second kappa shape index (κ2) is 5.33. The number of alkyl halides is 1. The van der Waals surface area contributed by atoms with Crippen LogP contribution in [-0.2, 0) is 11.8 Å². The number of rotatable bonds is 2. The smallest absolute Gasteiger partial charge is 0.135 e. The van der Waals surface area contributed by atoms with Gasteiger partial charge in [0.1, 0.15) is 5.82 Å². The third kappa shape index (κ3) is 2.39. The van der Waals surface area contributed by atoms with E-state index in [-0.39, 0.29) is 0 Å². The van der Waals surface area contributed by atoms with E-state index in [0.29, 0.717) is 0 Å². The van der Waals surface area contributed by atoms with Gasteiger partial charge in [0, 0.05) is 23.8 Å². The van der Waals surface area contributed by atoms with Crippen LogP contribution < -0.4 is 4.90 Å². The third-order valence-corrected chi connectivity index (χ3v) is 4.27. The summed E-state index contributed by atoms with van der Waals surface area (Å²) >= 11 is 3.48. The maximum Gasteiger partial charge on any atom is 0.135 e. The lowest BCUT2D eigenvalue weighted by atomic mass is 10.0. The van der Waals surface area contributed by atoms with E-state index in [1.54, 1.807) is 0 Å². The Labute approximate surface area is 122 Å². The van der Waals surface area contributed by atoms with E-state index in [2.05, 4.69) is 63.1 Å². The molecule has 0 aliphatic carbocycles. The van der Waals surface area contributed by atoms with Crippen LogP contribution in [0.4, 0.5) is 11.5 Å². The second-order valence-corrected chi connectivity index (χ2v) is 5.56. The number of aryl methyl sites for hydroxylation is 2. The largest absolute Gasteiger partial charge is 0.326 e. The molecule has 0 saturated heterocycles. The monoisotopic (exact) mass is 316 g/mol. The Kier molecular flexibility index (Phi) is 3.56. The zero-order chi connectivity index (χ0) is 13.2. The number of para-hydroxylation sites is 1. The first kappa shape index (κ1) is 12.7. The summed E-state index contributed by atoms with van der Waals surface area (Å²) in [5, 5.41) is 0.859. The summed E-state index contributed by atoms with van der Waals surface area (Å²) in [6, 6.07) is 10.9. The number of pyridine rings is 1. The van der Waals surface area contributed by atoms with Crippen LogP contribution >= 0.6 is 15.9 Å². The zero-order valence-electron chi connectivity index (χ0n) is 11.1. The highest BCUT2D eigenvalue weighted by molar-refractivity contribution is 9.08. The van der Waals surface area contributed by atoms with E-state index in [9.17, 15) is 0 Å². The number of hydrogen-bond donors (Lipinski definition) is 0. The van der Waals surface area contributed by atoms with Gasteiger partial charge in [0.2, 0.25) is 0 Å². The molecule has 0 atom stereocenters. The average molecular weight is 317 g/mol. The lowest BCUT2D eigenvalue weighted by Crippen LogP contribution is -2.26. The average Bonchev–Trinajstić information content (AvgIpc) is 2.46. The van der Waals surface area contributed by atoms with Crippen LogP contribution in [0.1, 0.15) is 23.1 Å². The number of anilines is 2. The van der Waals surface area contributed by atoms with E-state index in [4.69, 9.17) is 0 Å². The molecule has 3 heteroatoms. The topological polar surface area (TPSA) is 16.1 Å². The van der Waals surface area contributed by atoms with Crippen molar-refractivity contribution in [3.63, 3.8) is 0 Å². The maximum absolute atomic E-state index is 4.67. The number of benzene rings is 1. The van der Waals surface area contributed by atoms with Crippen molar-refractivity contribution in [3.05, 3.63) is 53.2 Å². The molecule has 0 bridgehead atoms. The number of hydrogen-bond acceptors (Lipinski definition) is 2. The maximum atomic E-state index is 4.67. The van der Waals surface area contributed by atoms with Gasteiger partial charge >= 0.3 is 0 Å². The molecule has 2 heterocycles. The number of aromatic nitrogens is 1. The first-order valence-electron chi connectivity index (χ1n) is 6.66. The van der Waals surface area contributed by atoms with Gasteiger partial charge in [-0.1, -0.05) is 40.2 Å². The first-order chi connectivity index (χ1) is 9.29. The van der Waals surface area contributed by atoms with Crippen molar-refractivity contribution in [2.75, 3.05) is 11.4 Å². The SMILES string of the molecule is Cc1cc(CBr)cnc1N1CCCc2ccccc21. The number of nitrogens with zero attached hydrogens (tertiary/aromatic N) is 2. The van der Waals surface area contributed by atoms with Crippen LogP contribution in [0.3, 0.4) is 0 Å². The van der Waals surface area contributed by atoms with Gasteiger partial charge < -0.3 is 4.90 Å². The molecule has 1 aromatic heterocycles. The molecule has 19 heavy (non-hydrogen) atoms. The normalized spacial score (nSPS) is 14.3. The molecule has 0 fully saturated rings. The molecule has 98 valence electrons. The molecule has 0 radical (unpaired) electrons. The molecule has 2 aromatic rings. The van der Waals surface area contributed by atoms with Gasteiger partial charge in [-0.05, 0) is 42.5 Å². The van der Waals surface area contributed by atoms with Gasteiger partial charge in [0.25, 0.3) is 0 Å². The third-order valence-electron chi connectivity index (χ3n) is 3.63. The predicted octanol–water partition coefficient (Wildman–Crippen LogP) is 4.37. The molecule has 1 aliphatic rings. The van der Waals surface area contributed by atoms with Crippen molar-refractivity contribution in [1.82, 2.24) is 4.98 Å². The summed E-state index contributed by atoms with van der Waals surface area (Å²) in [7, 11) is 0. The Morgan fingerprint density at radius 3 is 2.95 bits per heavy atom. The van der Waals surface area contributed by atoms with Gasteiger partial charge in [-0.15, -0.1) is 0 Å². The lowest BCUT2D eigenvalue weighted by molar-refractivity contribution is 0.757. The minimum Gasteiger partial charge on any atom is -0.326 e. The van der Waals surface area contributed by atoms with Crippen molar-refractivity contribution >= 4 is 27.4 Å². The Bertz CT molecular complexity index is 595. The molecule has 2 nitrogen and oxygen atoms in total. The second-order valence-electron chi connectivity index (χ2n) is 5.00. The van der Waals surface area contributed by atoms with E-state index < -0.39 is 0 Å². The Morgan fingerprint density at radius 1 is 1.32 bits per heavy atom. The van der Waals surface area contributed by atoms with Crippen LogP contribution in [0, 0.1) is 6.92 Å². The minimum absolute atomic E-state index is 0.859. The fraction of sp³-hybridized carbons (Fsp3) is 0.312. The van der Waals surface area contributed by atoms with Gasteiger partial charge in [0.15, 0.2) is 0 Å². The van der Waals surface area contributed by atoms with E-state index in [0.717, 1.165) is 17.7 Å². The van der Waals surface area contributed by atoms with Crippen LogP contribution in [-0.4, -0.2) is 11.5 Å². The Hall–Kier alpha value is -1.35. The standard InChI is InChI=1S/C16H17BrN2/c1-12-9-13(10-17)11-18-16(12)19-8-4-6-14-5-2-3-7-15(14)19/h2-3,5,7,9,11H,4,6,8,10H2,1H3. The van der Waals surface area contributed by atoms with Crippen molar-refractivity contribution in [3.8, 4) is 0 Å². The lowest BCUT2D eigenvalue weighted by Gasteiger charge is -2.31. The fourth-order valence-corrected chi connectivity index (χ4v) is 3.04. The first-order valence-corrected chi connectivity index (χ1v) is 7.78.